The summed E-state index contributed by atoms with van der Waals surface area (Å²) in [4.78, 5) is 0. The number of ether oxygens (including phenoxy) is 4. The summed E-state index contributed by atoms with van der Waals surface area (Å²) in [6.07, 6.45) is 2.35. The van der Waals surface area contributed by atoms with Gasteiger partial charge >= 0.3 is 0 Å². The summed E-state index contributed by atoms with van der Waals surface area (Å²) in [5.41, 5.74) is 3.53. The van der Waals surface area contributed by atoms with Gasteiger partial charge < -0.3 is 24.1 Å². The van der Waals surface area contributed by atoms with Gasteiger partial charge in [-0.3, -0.25) is 0 Å². The van der Waals surface area contributed by atoms with Crippen molar-refractivity contribution >= 4 is 33.9 Å². The van der Waals surface area contributed by atoms with Crippen LogP contribution in [0.1, 0.15) is 10.6 Å². The van der Waals surface area contributed by atoms with E-state index in [9.17, 15) is 5.11 Å². The molecular formula is C25H24N3O5S2+. The topological polar surface area (TPSA) is 86.8 Å². The van der Waals surface area contributed by atoms with Gasteiger partial charge in [0.05, 0.1) is 24.2 Å². The summed E-state index contributed by atoms with van der Waals surface area (Å²) in [5, 5.41) is 21.5. The minimum absolute atomic E-state index is 0.147. The van der Waals surface area contributed by atoms with E-state index in [1.807, 2.05) is 19.1 Å². The molecule has 1 N–H and O–H groups in total. The molecular weight excluding hydrogens is 486 g/mol. The molecule has 0 aliphatic carbocycles. The van der Waals surface area contributed by atoms with Crippen LogP contribution >= 0.6 is 23.1 Å². The molecule has 8 nitrogen and oxygen atoms in total. The van der Waals surface area contributed by atoms with Crippen LogP contribution in [-0.2, 0) is 13.0 Å². The highest BCUT2D eigenvalue weighted by Crippen LogP contribution is 2.41. The van der Waals surface area contributed by atoms with E-state index in [4.69, 9.17) is 18.9 Å². The summed E-state index contributed by atoms with van der Waals surface area (Å²) in [7, 11) is 1.63. The fourth-order valence-electron chi connectivity index (χ4n) is 4.44. The Labute approximate surface area is 210 Å². The summed E-state index contributed by atoms with van der Waals surface area (Å²) in [6.45, 7) is 3.17. The third-order valence-corrected chi connectivity index (χ3v) is 8.24. The number of nitrogens with zero attached hydrogens (tertiary/aromatic N) is 3. The summed E-state index contributed by atoms with van der Waals surface area (Å²) < 4.78 is 26.0. The third kappa shape index (κ3) is 4.26. The van der Waals surface area contributed by atoms with Gasteiger partial charge in [-0.25, -0.2) is 0 Å². The van der Waals surface area contributed by atoms with Crippen molar-refractivity contribution in [1.29, 1.82) is 0 Å². The lowest BCUT2D eigenvalue weighted by Gasteiger charge is -2.18. The number of fused-ring (bicyclic) bond motifs is 5. The number of hydrogen-bond acceptors (Lipinski definition) is 9. The first-order valence-electron chi connectivity index (χ1n) is 11.3. The van der Waals surface area contributed by atoms with Crippen molar-refractivity contribution in [2.24, 2.45) is 0 Å². The Kier molecular flexibility index (Phi) is 5.87. The Balaban J connectivity index is 1.29. The Morgan fingerprint density at radius 3 is 2.86 bits per heavy atom. The molecule has 2 aromatic heterocycles. The molecule has 0 saturated heterocycles. The zero-order chi connectivity index (χ0) is 23.9. The van der Waals surface area contributed by atoms with Gasteiger partial charge in [-0.1, -0.05) is 23.1 Å². The van der Waals surface area contributed by atoms with Crippen LogP contribution in [0.15, 0.2) is 40.9 Å². The van der Waals surface area contributed by atoms with E-state index in [1.54, 1.807) is 7.11 Å². The number of aromatic nitrogens is 3. The van der Waals surface area contributed by atoms with E-state index in [-0.39, 0.29) is 13.4 Å². The van der Waals surface area contributed by atoms with Gasteiger partial charge in [0.25, 0.3) is 0 Å². The van der Waals surface area contributed by atoms with E-state index in [0.717, 1.165) is 55.8 Å². The van der Waals surface area contributed by atoms with E-state index in [2.05, 4.69) is 39.2 Å². The molecule has 1 atom stereocenters. The van der Waals surface area contributed by atoms with Gasteiger partial charge in [-0.05, 0) is 42.1 Å². The molecule has 0 radical (unpaired) electrons. The van der Waals surface area contributed by atoms with E-state index in [1.165, 1.54) is 28.7 Å². The van der Waals surface area contributed by atoms with Crippen molar-refractivity contribution in [3.05, 3.63) is 47.1 Å². The Morgan fingerprint density at radius 1 is 1.20 bits per heavy atom. The van der Waals surface area contributed by atoms with Gasteiger partial charge in [0.1, 0.15) is 11.6 Å². The lowest BCUT2D eigenvalue weighted by atomic mass is 9.95. The highest BCUT2D eigenvalue weighted by molar-refractivity contribution is 8.01. The van der Waals surface area contributed by atoms with Crippen molar-refractivity contribution < 1.29 is 28.6 Å². The number of methoxy groups -OCH3 is 1. The molecule has 2 aromatic carbocycles. The number of thioether (sulfide) groups is 1. The fraction of sp³-hybridized carbons (Fsp3) is 0.320. The Bertz CT molecular complexity index is 1420. The Hall–Kier alpha value is -3.08. The molecule has 180 valence electrons. The summed E-state index contributed by atoms with van der Waals surface area (Å²) >= 11 is 3.00. The van der Waals surface area contributed by atoms with Crippen LogP contribution < -0.4 is 23.5 Å². The third-order valence-electron chi connectivity index (χ3n) is 6.12. The fourth-order valence-corrected chi connectivity index (χ4v) is 6.19. The van der Waals surface area contributed by atoms with Crippen molar-refractivity contribution in [1.82, 2.24) is 10.2 Å². The molecule has 0 spiro atoms. The zero-order valence-electron chi connectivity index (χ0n) is 19.3. The number of benzene rings is 2. The van der Waals surface area contributed by atoms with E-state index < -0.39 is 6.10 Å². The molecule has 35 heavy (non-hydrogen) atoms. The minimum Gasteiger partial charge on any atom is -0.493 e. The monoisotopic (exact) mass is 510 g/mol. The molecule has 10 heteroatoms. The standard InChI is InChI=1S/C25H24N3O5S2/c1-14-26-27-25(35-14)34-12-17(29)11-31-24-19-10-28-6-5-16-8-22-23(33-13-32-22)9-18(16)20(28)7-15(19)3-4-21(24)30-2/h3-4,7-10,17,29H,5-6,11-13H2,1-2H3/q+1. The van der Waals surface area contributed by atoms with Gasteiger partial charge in [-0.2, -0.15) is 4.57 Å². The molecule has 0 fully saturated rings. The van der Waals surface area contributed by atoms with Crippen LogP contribution in [0.4, 0.5) is 0 Å². The molecule has 6 rings (SSSR count). The van der Waals surface area contributed by atoms with Crippen molar-refractivity contribution in [3.8, 4) is 34.3 Å². The number of aliphatic hydroxyl groups is 1. The highest BCUT2D eigenvalue weighted by atomic mass is 32.2. The number of pyridine rings is 1. The van der Waals surface area contributed by atoms with E-state index >= 15 is 0 Å². The number of hydrogen-bond donors (Lipinski definition) is 1. The maximum atomic E-state index is 10.5. The van der Waals surface area contributed by atoms with Crippen LogP contribution in [0.25, 0.3) is 22.0 Å². The van der Waals surface area contributed by atoms with Crippen molar-refractivity contribution in [2.45, 2.75) is 30.3 Å². The first-order chi connectivity index (χ1) is 17.1. The minimum atomic E-state index is -0.661. The summed E-state index contributed by atoms with van der Waals surface area (Å²) in [5.74, 6) is 3.34. The molecule has 4 aromatic rings. The number of aryl methyl sites for hydroxylation is 3. The maximum Gasteiger partial charge on any atom is 0.231 e. The SMILES string of the molecule is COc1ccc2cc3[n+](cc2c1OCC(O)CSc1nnc(C)s1)CCc1cc2c(cc1-3)OCO2. The number of aliphatic hydroxyl groups excluding tert-OH is 1. The van der Waals surface area contributed by atoms with Gasteiger partial charge in [-0.15, -0.1) is 10.2 Å². The average Bonchev–Trinajstić information content (AvgIpc) is 3.51. The van der Waals surface area contributed by atoms with Crippen LogP contribution in [0.5, 0.6) is 23.0 Å². The van der Waals surface area contributed by atoms with Crippen molar-refractivity contribution in [3.63, 3.8) is 0 Å². The largest absolute Gasteiger partial charge is 0.493 e. The van der Waals surface area contributed by atoms with Crippen molar-refractivity contribution in [2.75, 3.05) is 26.3 Å². The Morgan fingerprint density at radius 2 is 2.06 bits per heavy atom. The molecule has 0 amide bonds. The van der Waals surface area contributed by atoms with Crippen LogP contribution in [-0.4, -0.2) is 47.7 Å². The smallest absolute Gasteiger partial charge is 0.231 e. The van der Waals surface area contributed by atoms with Gasteiger partial charge in [0.15, 0.2) is 40.1 Å². The summed E-state index contributed by atoms with van der Waals surface area (Å²) in [6, 6.07) is 10.3. The molecule has 2 aliphatic heterocycles. The molecule has 2 aliphatic rings. The predicted octanol–water partition coefficient (Wildman–Crippen LogP) is 3.78. The number of rotatable bonds is 7. The highest BCUT2D eigenvalue weighted by Gasteiger charge is 2.28. The van der Waals surface area contributed by atoms with Crippen LogP contribution in [0.2, 0.25) is 0 Å². The maximum absolute atomic E-state index is 10.5. The van der Waals surface area contributed by atoms with Crippen LogP contribution in [0.3, 0.4) is 0 Å². The second-order valence-corrected chi connectivity index (χ2v) is 10.9. The quantitative estimate of drug-likeness (QED) is 0.297. The van der Waals surface area contributed by atoms with Crippen LogP contribution in [0, 0.1) is 6.92 Å². The van der Waals surface area contributed by atoms with Gasteiger partial charge in [0, 0.05) is 18.2 Å². The van der Waals surface area contributed by atoms with Gasteiger partial charge in [0.2, 0.25) is 12.5 Å². The zero-order valence-corrected chi connectivity index (χ0v) is 20.9. The second-order valence-electron chi connectivity index (χ2n) is 8.43. The predicted molar refractivity (Wildman–Crippen MR) is 133 cm³/mol. The van der Waals surface area contributed by atoms with E-state index in [0.29, 0.717) is 17.3 Å². The normalized spacial score (nSPS) is 14.5. The molecule has 4 heterocycles. The first-order valence-corrected chi connectivity index (χ1v) is 13.1. The molecule has 0 saturated carbocycles. The second kappa shape index (κ2) is 9.18. The lowest BCUT2D eigenvalue weighted by molar-refractivity contribution is -0.686. The lowest BCUT2D eigenvalue weighted by Crippen LogP contribution is -2.40. The average molecular weight is 511 g/mol. The molecule has 1 unspecified atom stereocenters. The first kappa shape index (κ1) is 22.4. The molecule has 0 bridgehead atoms.